The summed E-state index contributed by atoms with van der Waals surface area (Å²) >= 11 is 5.84. The van der Waals surface area contributed by atoms with Crippen LogP contribution in [0, 0.1) is 0 Å². The summed E-state index contributed by atoms with van der Waals surface area (Å²) in [6.07, 6.45) is 1.32. The molecule has 2 aromatic carbocycles. The van der Waals surface area contributed by atoms with Crippen molar-refractivity contribution in [1.82, 2.24) is 4.72 Å². The Kier molecular flexibility index (Phi) is 6.18. The lowest BCUT2D eigenvalue weighted by atomic mass is 10.2. The lowest BCUT2D eigenvalue weighted by Crippen LogP contribution is -2.38. The highest BCUT2D eigenvalue weighted by atomic mass is 35.5. The second-order valence-corrected chi connectivity index (χ2v) is 10.6. The van der Waals surface area contributed by atoms with Crippen LogP contribution in [0.1, 0.15) is 18.4 Å². The number of halogens is 1. The quantitative estimate of drug-likeness (QED) is 0.739. The molecule has 2 aromatic rings. The molecule has 0 atom stereocenters. The van der Waals surface area contributed by atoms with Gasteiger partial charge >= 0.3 is 0 Å². The van der Waals surface area contributed by atoms with E-state index >= 15 is 0 Å². The summed E-state index contributed by atoms with van der Waals surface area (Å²) in [6, 6.07) is 11.2. The van der Waals surface area contributed by atoms with E-state index in [0.29, 0.717) is 23.7 Å². The second kappa shape index (κ2) is 8.28. The third kappa shape index (κ3) is 4.60. The van der Waals surface area contributed by atoms with Gasteiger partial charge < -0.3 is 4.74 Å². The van der Waals surface area contributed by atoms with Crippen LogP contribution in [-0.2, 0) is 26.6 Å². The molecule has 7 nitrogen and oxygen atoms in total. The van der Waals surface area contributed by atoms with Gasteiger partial charge in [0.25, 0.3) is 0 Å². The molecule has 152 valence electrons. The Morgan fingerprint density at radius 3 is 2.50 bits per heavy atom. The first-order chi connectivity index (χ1) is 13.2. The van der Waals surface area contributed by atoms with Crippen molar-refractivity contribution >= 4 is 37.3 Å². The van der Waals surface area contributed by atoms with Gasteiger partial charge in [-0.2, -0.15) is 0 Å². The van der Waals surface area contributed by atoms with Crippen molar-refractivity contribution in [2.24, 2.45) is 0 Å². The fraction of sp³-hybridized carbons (Fsp3) is 0.333. The molecule has 0 unspecified atom stereocenters. The third-order valence-electron chi connectivity index (χ3n) is 4.45. The molecule has 1 fully saturated rings. The van der Waals surface area contributed by atoms with Crippen LogP contribution in [-0.4, -0.2) is 36.2 Å². The van der Waals surface area contributed by atoms with Crippen LogP contribution >= 0.6 is 11.6 Å². The SMILES string of the molecule is COc1ccc(N2CCCCS2(=O)=O)cc1S(=O)(=O)NCc1ccc(Cl)cc1. The standard InChI is InChI=1S/C18H21ClN2O5S2/c1-26-17-9-8-16(21-10-2-3-11-27(21,22)23)12-18(17)28(24,25)20-13-14-4-6-15(19)7-5-14/h4-9,12,20H,2-3,10-11,13H2,1H3. The van der Waals surface area contributed by atoms with Crippen LogP contribution in [0.25, 0.3) is 0 Å². The highest BCUT2D eigenvalue weighted by Gasteiger charge is 2.28. The molecule has 1 saturated heterocycles. The molecular formula is C18H21ClN2O5S2. The largest absolute Gasteiger partial charge is 0.495 e. The molecule has 0 saturated carbocycles. The number of benzene rings is 2. The Hall–Kier alpha value is -1.81. The van der Waals surface area contributed by atoms with Gasteiger partial charge in [0.15, 0.2) is 0 Å². The van der Waals surface area contributed by atoms with E-state index in [9.17, 15) is 16.8 Å². The zero-order valence-electron chi connectivity index (χ0n) is 15.3. The maximum Gasteiger partial charge on any atom is 0.244 e. The molecule has 1 aliphatic heterocycles. The Balaban J connectivity index is 1.91. The highest BCUT2D eigenvalue weighted by Crippen LogP contribution is 2.31. The van der Waals surface area contributed by atoms with Crippen LogP contribution in [0.5, 0.6) is 5.75 Å². The molecular weight excluding hydrogens is 424 g/mol. The average Bonchev–Trinajstić information content (AvgIpc) is 2.67. The first-order valence-corrected chi connectivity index (χ1v) is 12.1. The minimum atomic E-state index is -3.94. The number of sulfonamides is 2. The number of hydrogen-bond acceptors (Lipinski definition) is 5. The topological polar surface area (TPSA) is 92.8 Å². The Bertz CT molecular complexity index is 1050. The van der Waals surface area contributed by atoms with E-state index in [1.54, 1.807) is 30.3 Å². The number of nitrogens with zero attached hydrogens (tertiary/aromatic N) is 1. The summed E-state index contributed by atoms with van der Waals surface area (Å²) in [5, 5.41) is 0.559. The number of hydrogen-bond donors (Lipinski definition) is 1. The smallest absolute Gasteiger partial charge is 0.244 e. The van der Waals surface area contributed by atoms with Crippen LogP contribution in [0.3, 0.4) is 0 Å². The van der Waals surface area contributed by atoms with Gasteiger partial charge in [-0.25, -0.2) is 21.6 Å². The first-order valence-electron chi connectivity index (χ1n) is 8.65. The molecule has 10 heteroatoms. The minimum absolute atomic E-state index is 0.0515. The summed E-state index contributed by atoms with van der Waals surface area (Å²) in [7, 11) is -6.03. The maximum atomic E-state index is 12.9. The van der Waals surface area contributed by atoms with Crippen molar-refractivity contribution in [2.75, 3.05) is 23.7 Å². The van der Waals surface area contributed by atoms with Gasteiger partial charge in [0.1, 0.15) is 10.6 Å². The van der Waals surface area contributed by atoms with Gasteiger partial charge in [-0.15, -0.1) is 0 Å². The molecule has 0 aliphatic carbocycles. The molecule has 0 amide bonds. The van der Waals surface area contributed by atoms with Crippen molar-refractivity contribution in [3.8, 4) is 5.75 Å². The van der Waals surface area contributed by atoms with Gasteiger partial charge in [0.2, 0.25) is 20.0 Å². The van der Waals surface area contributed by atoms with Gasteiger partial charge in [-0.3, -0.25) is 4.31 Å². The van der Waals surface area contributed by atoms with E-state index in [1.807, 2.05) is 0 Å². The monoisotopic (exact) mass is 444 g/mol. The Morgan fingerprint density at radius 1 is 1.14 bits per heavy atom. The van der Waals surface area contributed by atoms with Gasteiger partial charge in [0, 0.05) is 18.1 Å². The van der Waals surface area contributed by atoms with Crippen LogP contribution in [0.15, 0.2) is 47.4 Å². The highest BCUT2D eigenvalue weighted by molar-refractivity contribution is 7.92. The summed E-state index contributed by atoms with van der Waals surface area (Å²) in [6.45, 7) is 0.390. The van der Waals surface area contributed by atoms with Crippen LogP contribution in [0.4, 0.5) is 5.69 Å². The summed E-state index contributed by atoms with van der Waals surface area (Å²) in [4.78, 5) is -0.109. The second-order valence-electron chi connectivity index (χ2n) is 6.38. The molecule has 1 heterocycles. The van der Waals surface area contributed by atoms with Gasteiger partial charge in [-0.05, 0) is 48.7 Å². The van der Waals surface area contributed by atoms with Crippen LogP contribution in [0.2, 0.25) is 5.02 Å². The Labute approximate surface area is 170 Å². The van der Waals surface area contributed by atoms with Crippen molar-refractivity contribution in [2.45, 2.75) is 24.3 Å². The van der Waals surface area contributed by atoms with Gasteiger partial charge in [0.05, 0.1) is 18.6 Å². The molecule has 1 N–H and O–H groups in total. The van der Waals surface area contributed by atoms with E-state index < -0.39 is 20.0 Å². The number of ether oxygens (including phenoxy) is 1. The van der Waals surface area contributed by atoms with E-state index in [1.165, 1.54) is 23.5 Å². The van der Waals surface area contributed by atoms with Crippen molar-refractivity contribution in [1.29, 1.82) is 0 Å². The fourth-order valence-corrected chi connectivity index (χ4v) is 5.93. The van der Waals surface area contributed by atoms with E-state index in [0.717, 1.165) is 12.0 Å². The summed E-state index contributed by atoms with van der Waals surface area (Å²) < 4.78 is 59.4. The zero-order valence-corrected chi connectivity index (χ0v) is 17.6. The number of anilines is 1. The van der Waals surface area contributed by atoms with Gasteiger partial charge in [-0.1, -0.05) is 23.7 Å². The molecule has 0 radical (unpaired) electrons. The van der Waals surface area contributed by atoms with Crippen molar-refractivity contribution in [3.63, 3.8) is 0 Å². The lowest BCUT2D eigenvalue weighted by molar-refractivity contribution is 0.402. The molecule has 28 heavy (non-hydrogen) atoms. The number of rotatable bonds is 6. The molecule has 0 spiro atoms. The van der Waals surface area contributed by atoms with Crippen molar-refractivity contribution in [3.05, 3.63) is 53.1 Å². The molecule has 0 bridgehead atoms. The van der Waals surface area contributed by atoms with Crippen molar-refractivity contribution < 1.29 is 21.6 Å². The molecule has 3 rings (SSSR count). The minimum Gasteiger partial charge on any atom is -0.495 e. The number of nitrogens with one attached hydrogen (secondary N) is 1. The van der Waals surface area contributed by atoms with E-state index in [4.69, 9.17) is 16.3 Å². The first kappa shape index (κ1) is 20.9. The molecule has 0 aromatic heterocycles. The maximum absolute atomic E-state index is 12.9. The normalized spacial score (nSPS) is 16.7. The predicted octanol–water partition coefficient (Wildman–Crippen LogP) is 2.76. The Morgan fingerprint density at radius 2 is 1.86 bits per heavy atom. The lowest BCUT2D eigenvalue weighted by Gasteiger charge is -2.28. The third-order valence-corrected chi connectivity index (χ3v) is 8.00. The van der Waals surface area contributed by atoms with E-state index in [-0.39, 0.29) is 22.9 Å². The predicted molar refractivity (Wildman–Crippen MR) is 109 cm³/mol. The van der Waals surface area contributed by atoms with Crippen LogP contribution < -0.4 is 13.8 Å². The zero-order chi connectivity index (χ0) is 20.4. The summed E-state index contributed by atoms with van der Waals surface area (Å²) in [5.74, 6) is 0.192. The molecule has 1 aliphatic rings. The van der Waals surface area contributed by atoms with E-state index in [2.05, 4.69) is 4.72 Å². The fourth-order valence-electron chi connectivity index (χ4n) is 2.97. The summed E-state index contributed by atoms with van der Waals surface area (Å²) in [5.41, 5.74) is 1.05. The number of methoxy groups -OCH3 is 1. The average molecular weight is 445 g/mol.